The standard InChI is InChI=1S/C16H22N4O3/c1-9-7-20(8-10(2)23-9)11(3)15(21)17-12-4-5-13-14(6-12)19-16(22)18-13/h4-6,9-11H,7-8H2,1-3H3,(H,17,21)(H2,18,19,22)/t9-,10+,11-/m0/s1. The molecule has 1 aliphatic heterocycles. The second kappa shape index (κ2) is 6.17. The van der Waals surface area contributed by atoms with Gasteiger partial charge in [0.15, 0.2) is 0 Å². The molecule has 3 rings (SSSR count). The number of ether oxygens (including phenoxy) is 1. The Hall–Kier alpha value is -2.12. The van der Waals surface area contributed by atoms with Crippen molar-refractivity contribution in [2.45, 2.75) is 39.0 Å². The van der Waals surface area contributed by atoms with Gasteiger partial charge in [0.05, 0.1) is 29.3 Å². The van der Waals surface area contributed by atoms with E-state index in [1.54, 1.807) is 18.2 Å². The molecule has 0 unspecified atom stereocenters. The lowest BCUT2D eigenvalue weighted by Gasteiger charge is -2.38. The first-order valence-corrected chi connectivity index (χ1v) is 7.85. The van der Waals surface area contributed by atoms with Gasteiger partial charge in [-0.2, -0.15) is 0 Å². The lowest BCUT2D eigenvalue weighted by Crippen LogP contribution is -2.52. The lowest BCUT2D eigenvalue weighted by atomic mass is 10.1. The number of imidazole rings is 1. The average molecular weight is 318 g/mol. The zero-order valence-corrected chi connectivity index (χ0v) is 13.6. The number of aromatic amines is 2. The molecule has 1 aromatic heterocycles. The van der Waals surface area contributed by atoms with Gasteiger partial charge in [0.2, 0.25) is 5.91 Å². The van der Waals surface area contributed by atoms with Gasteiger partial charge in [0.1, 0.15) is 0 Å². The molecule has 0 aliphatic carbocycles. The minimum Gasteiger partial charge on any atom is -0.373 e. The van der Waals surface area contributed by atoms with E-state index >= 15 is 0 Å². The zero-order valence-electron chi connectivity index (χ0n) is 13.6. The number of amides is 1. The second-order valence-corrected chi connectivity index (χ2v) is 6.22. The first-order chi connectivity index (χ1) is 10.9. The summed E-state index contributed by atoms with van der Waals surface area (Å²) in [4.78, 5) is 31.3. The smallest absolute Gasteiger partial charge is 0.323 e. The number of nitrogens with zero attached hydrogens (tertiary/aromatic N) is 1. The molecule has 1 amide bonds. The van der Waals surface area contributed by atoms with Crippen LogP contribution in [0.4, 0.5) is 5.69 Å². The Morgan fingerprint density at radius 3 is 2.61 bits per heavy atom. The number of aromatic nitrogens is 2. The normalized spacial score (nSPS) is 23.8. The lowest BCUT2D eigenvalue weighted by molar-refractivity contribution is -0.126. The molecule has 23 heavy (non-hydrogen) atoms. The number of carbonyl (C=O) groups is 1. The third kappa shape index (κ3) is 3.46. The molecule has 7 nitrogen and oxygen atoms in total. The van der Waals surface area contributed by atoms with E-state index in [4.69, 9.17) is 4.74 Å². The van der Waals surface area contributed by atoms with Crippen molar-refractivity contribution in [1.82, 2.24) is 14.9 Å². The van der Waals surface area contributed by atoms with Crippen molar-refractivity contribution in [3.05, 3.63) is 28.7 Å². The van der Waals surface area contributed by atoms with E-state index in [0.717, 1.165) is 18.6 Å². The molecule has 1 aliphatic rings. The van der Waals surface area contributed by atoms with E-state index in [0.29, 0.717) is 11.2 Å². The fraction of sp³-hybridized carbons (Fsp3) is 0.500. The van der Waals surface area contributed by atoms with E-state index in [2.05, 4.69) is 20.2 Å². The summed E-state index contributed by atoms with van der Waals surface area (Å²) in [5.41, 5.74) is 1.80. The Morgan fingerprint density at radius 2 is 1.91 bits per heavy atom. The van der Waals surface area contributed by atoms with Crippen LogP contribution in [0.2, 0.25) is 0 Å². The Morgan fingerprint density at radius 1 is 1.26 bits per heavy atom. The van der Waals surface area contributed by atoms with Crippen molar-refractivity contribution in [2.24, 2.45) is 0 Å². The van der Waals surface area contributed by atoms with Gasteiger partial charge in [-0.3, -0.25) is 9.69 Å². The molecule has 7 heteroatoms. The predicted molar refractivity (Wildman–Crippen MR) is 88.6 cm³/mol. The number of H-pyrrole nitrogens is 2. The molecule has 1 saturated heterocycles. The molecule has 3 N–H and O–H groups in total. The molecule has 2 heterocycles. The van der Waals surface area contributed by atoms with Gasteiger partial charge in [0, 0.05) is 18.8 Å². The van der Waals surface area contributed by atoms with Crippen LogP contribution in [0.1, 0.15) is 20.8 Å². The summed E-state index contributed by atoms with van der Waals surface area (Å²) in [5, 5.41) is 2.91. The van der Waals surface area contributed by atoms with Gasteiger partial charge in [-0.25, -0.2) is 4.79 Å². The number of rotatable bonds is 3. The van der Waals surface area contributed by atoms with E-state index in [1.165, 1.54) is 0 Å². The van der Waals surface area contributed by atoms with Crippen LogP contribution in [0.5, 0.6) is 0 Å². The summed E-state index contributed by atoms with van der Waals surface area (Å²) in [7, 11) is 0. The fourth-order valence-corrected chi connectivity index (χ4v) is 3.06. The summed E-state index contributed by atoms with van der Waals surface area (Å²) in [6.45, 7) is 7.41. The van der Waals surface area contributed by atoms with Gasteiger partial charge >= 0.3 is 5.69 Å². The summed E-state index contributed by atoms with van der Waals surface area (Å²) >= 11 is 0. The fourth-order valence-electron chi connectivity index (χ4n) is 3.06. The van der Waals surface area contributed by atoms with E-state index < -0.39 is 0 Å². The maximum Gasteiger partial charge on any atom is 0.323 e. The highest BCUT2D eigenvalue weighted by atomic mass is 16.5. The monoisotopic (exact) mass is 318 g/mol. The van der Waals surface area contributed by atoms with Crippen molar-refractivity contribution in [3.8, 4) is 0 Å². The molecular formula is C16H22N4O3. The number of hydrogen-bond donors (Lipinski definition) is 3. The van der Waals surface area contributed by atoms with Crippen molar-refractivity contribution in [1.29, 1.82) is 0 Å². The number of fused-ring (bicyclic) bond motifs is 1. The van der Waals surface area contributed by atoms with Gasteiger partial charge < -0.3 is 20.0 Å². The first-order valence-electron chi connectivity index (χ1n) is 7.85. The highest BCUT2D eigenvalue weighted by molar-refractivity contribution is 5.96. The quantitative estimate of drug-likeness (QED) is 0.795. The Balaban J connectivity index is 1.70. The number of nitrogens with one attached hydrogen (secondary N) is 3. The van der Waals surface area contributed by atoms with E-state index in [1.807, 2.05) is 20.8 Å². The molecule has 124 valence electrons. The van der Waals surface area contributed by atoms with Crippen LogP contribution in [0.3, 0.4) is 0 Å². The predicted octanol–water partition coefficient (Wildman–Crippen LogP) is 1.29. The van der Waals surface area contributed by atoms with Crippen LogP contribution < -0.4 is 11.0 Å². The number of anilines is 1. The minimum atomic E-state index is -0.256. The third-order valence-corrected chi connectivity index (χ3v) is 4.16. The van der Waals surface area contributed by atoms with E-state index in [-0.39, 0.29) is 29.8 Å². The summed E-state index contributed by atoms with van der Waals surface area (Å²) < 4.78 is 5.70. The van der Waals surface area contributed by atoms with Crippen LogP contribution in [0.25, 0.3) is 11.0 Å². The molecular weight excluding hydrogens is 296 g/mol. The largest absolute Gasteiger partial charge is 0.373 e. The SMILES string of the molecule is C[C@@H]1CN([C@@H](C)C(=O)Nc2ccc3[nH]c(=O)[nH]c3c2)C[C@H](C)O1. The number of morpholine rings is 1. The van der Waals surface area contributed by atoms with Crippen molar-refractivity contribution in [2.75, 3.05) is 18.4 Å². The average Bonchev–Trinajstić information content (AvgIpc) is 2.84. The van der Waals surface area contributed by atoms with E-state index in [9.17, 15) is 9.59 Å². The van der Waals surface area contributed by atoms with Gasteiger partial charge in [0.25, 0.3) is 0 Å². The molecule has 3 atom stereocenters. The molecule has 0 spiro atoms. The topological polar surface area (TPSA) is 90.2 Å². The highest BCUT2D eigenvalue weighted by Crippen LogP contribution is 2.17. The number of benzene rings is 1. The summed E-state index contributed by atoms with van der Waals surface area (Å²) in [6, 6.07) is 5.06. The zero-order chi connectivity index (χ0) is 16.6. The maximum atomic E-state index is 12.5. The second-order valence-electron chi connectivity index (χ2n) is 6.22. The van der Waals surface area contributed by atoms with Crippen molar-refractivity contribution < 1.29 is 9.53 Å². The Bertz CT molecular complexity index is 756. The van der Waals surface area contributed by atoms with Crippen molar-refractivity contribution >= 4 is 22.6 Å². The van der Waals surface area contributed by atoms with Crippen LogP contribution in [-0.2, 0) is 9.53 Å². The van der Waals surface area contributed by atoms with Crippen LogP contribution in [-0.4, -0.2) is 52.1 Å². The minimum absolute atomic E-state index is 0.0662. The molecule has 2 aromatic rings. The molecule has 0 radical (unpaired) electrons. The molecule has 0 saturated carbocycles. The van der Waals surface area contributed by atoms with Gasteiger partial charge in [-0.05, 0) is 39.0 Å². The third-order valence-electron chi connectivity index (χ3n) is 4.16. The summed E-state index contributed by atoms with van der Waals surface area (Å²) in [5.74, 6) is -0.0662. The number of hydrogen-bond acceptors (Lipinski definition) is 4. The Labute approximate surface area is 134 Å². The molecule has 1 aromatic carbocycles. The molecule has 0 bridgehead atoms. The number of carbonyl (C=O) groups excluding carboxylic acids is 1. The first kappa shape index (κ1) is 15.8. The molecule has 1 fully saturated rings. The highest BCUT2D eigenvalue weighted by Gasteiger charge is 2.29. The van der Waals surface area contributed by atoms with Crippen molar-refractivity contribution in [3.63, 3.8) is 0 Å². The maximum absolute atomic E-state index is 12.5. The Kier molecular flexibility index (Phi) is 4.23. The van der Waals surface area contributed by atoms with Crippen LogP contribution in [0.15, 0.2) is 23.0 Å². The van der Waals surface area contributed by atoms with Gasteiger partial charge in [-0.15, -0.1) is 0 Å². The van der Waals surface area contributed by atoms with Gasteiger partial charge in [-0.1, -0.05) is 0 Å². The van der Waals surface area contributed by atoms with Crippen LogP contribution in [0, 0.1) is 0 Å². The van der Waals surface area contributed by atoms with Crippen LogP contribution >= 0.6 is 0 Å². The summed E-state index contributed by atoms with van der Waals surface area (Å²) in [6.07, 6.45) is 0.241.